The second kappa shape index (κ2) is 9.34. The highest BCUT2D eigenvalue weighted by molar-refractivity contribution is 6.13. The van der Waals surface area contributed by atoms with Crippen LogP contribution in [0.4, 0.5) is 11.4 Å². The van der Waals surface area contributed by atoms with Crippen LogP contribution >= 0.6 is 0 Å². The number of aromatic nitrogens is 1. The third kappa shape index (κ3) is 3.48. The Morgan fingerprint density at radius 1 is 0.523 bits per heavy atom. The molecule has 1 fully saturated rings. The molecule has 2 nitrogen and oxygen atoms in total. The predicted octanol–water partition coefficient (Wildman–Crippen LogP) is 11.3. The van der Waals surface area contributed by atoms with Gasteiger partial charge in [-0.2, -0.15) is 0 Å². The highest BCUT2D eigenvalue weighted by Gasteiger charge is 2.57. The fourth-order valence-electron chi connectivity index (χ4n) is 8.64. The molecule has 1 aliphatic heterocycles. The molecule has 0 spiro atoms. The molecule has 1 saturated carbocycles. The second-order valence-electron chi connectivity index (χ2n) is 13.3. The van der Waals surface area contributed by atoms with Crippen LogP contribution in [-0.2, 0) is 5.41 Å². The van der Waals surface area contributed by atoms with Crippen molar-refractivity contribution in [2.75, 3.05) is 4.90 Å². The summed E-state index contributed by atoms with van der Waals surface area (Å²) in [4.78, 5) is 2.65. The van der Waals surface area contributed by atoms with Crippen LogP contribution in [0.2, 0.25) is 0 Å². The number of nitrogens with zero attached hydrogens (tertiary/aromatic N) is 2. The third-order valence-electron chi connectivity index (χ3n) is 11.1. The van der Waals surface area contributed by atoms with Gasteiger partial charge in [-0.1, -0.05) is 105 Å². The average molecular weight is 569 g/mol. The maximum atomic E-state index is 2.65. The lowest BCUT2D eigenvalue weighted by molar-refractivity contribution is 0.195. The molecule has 1 aromatic heterocycles. The summed E-state index contributed by atoms with van der Waals surface area (Å²) in [6.45, 7) is 5.00. The van der Waals surface area contributed by atoms with Gasteiger partial charge in [-0.25, -0.2) is 0 Å². The molecule has 214 valence electrons. The molecular formula is C42H36N2. The molecule has 2 heteroatoms. The van der Waals surface area contributed by atoms with Crippen molar-refractivity contribution in [3.05, 3.63) is 139 Å². The van der Waals surface area contributed by atoms with Gasteiger partial charge in [-0.15, -0.1) is 0 Å². The first-order valence-corrected chi connectivity index (χ1v) is 16.1. The average Bonchev–Trinajstić information content (AvgIpc) is 3.50. The minimum Gasteiger partial charge on any atom is -0.334 e. The van der Waals surface area contributed by atoms with Crippen LogP contribution in [-0.4, -0.2) is 10.1 Å². The summed E-state index contributed by atoms with van der Waals surface area (Å²) < 4.78 is 2.41. The van der Waals surface area contributed by atoms with Gasteiger partial charge in [0.25, 0.3) is 0 Å². The van der Waals surface area contributed by atoms with E-state index in [2.05, 4.69) is 157 Å². The Morgan fingerprint density at radius 2 is 1.14 bits per heavy atom. The molecule has 2 aliphatic rings. The van der Waals surface area contributed by atoms with Crippen LogP contribution in [0.25, 0.3) is 49.4 Å². The molecule has 7 aromatic rings. The van der Waals surface area contributed by atoms with E-state index in [1.807, 2.05) is 0 Å². The van der Waals surface area contributed by atoms with Gasteiger partial charge in [0.1, 0.15) is 0 Å². The van der Waals surface area contributed by atoms with E-state index in [-0.39, 0.29) is 11.0 Å². The van der Waals surface area contributed by atoms with E-state index in [9.17, 15) is 0 Å². The molecule has 2 heterocycles. The van der Waals surface area contributed by atoms with E-state index in [4.69, 9.17) is 0 Å². The summed E-state index contributed by atoms with van der Waals surface area (Å²) in [5.41, 5.74) is 10.6. The lowest BCUT2D eigenvalue weighted by atomic mass is 9.61. The molecule has 44 heavy (non-hydrogen) atoms. The molecule has 0 N–H and O–H groups in total. The molecule has 9 rings (SSSR count). The van der Waals surface area contributed by atoms with Crippen LogP contribution in [0, 0.1) is 0 Å². The maximum Gasteiger partial charge on any atom is 0.0547 e. The van der Waals surface area contributed by atoms with E-state index in [0.717, 1.165) is 0 Å². The number of anilines is 2. The Labute approximate surface area is 259 Å². The first kappa shape index (κ1) is 25.7. The summed E-state index contributed by atoms with van der Waals surface area (Å²) in [7, 11) is 0. The molecule has 2 atom stereocenters. The smallest absolute Gasteiger partial charge is 0.0547 e. The standard InChI is InChI=1S/C42H36N2/c1-41-25-9-10-26-42(41,2)44(39-16-8-6-14-37(39)41)34-23-19-30(20-24-34)29-17-21-33(22-18-29)43-38-15-7-5-13-35(38)36-27-31-11-3-4-12-32(31)28-40(36)43/h3-8,11-24,27-28H,9-10,25-26H2,1-2H3. The lowest BCUT2D eigenvalue weighted by Gasteiger charge is -2.50. The number of benzene rings is 6. The van der Waals surface area contributed by atoms with Crippen LogP contribution in [0.5, 0.6) is 0 Å². The van der Waals surface area contributed by atoms with Crippen molar-refractivity contribution in [2.45, 2.75) is 50.5 Å². The van der Waals surface area contributed by atoms with Gasteiger partial charge in [0.15, 0.2) is 0 Å². The maximum absolute atomic E-state index is 2.65. The fourth-order valence-corrected chi connectivity index (χ4v) is 8.64. The first-order valence-electron chi connectivity index (χ1n) is 16.1. The van der Waals surface area contributed by atoms with E-state index in [1.54, 1.807) is 0 Å². The molecule has 2 unspecified atom stereocenters. The summed E-state index contributed by atoms with van der Waals surface area (Å²) >= 11 is 0. The van der Waals surface area contributed by atoms with Gasteiger partial charge in [-0.3, -0.25) is 0 Å². The molecular weight excluding hydrogens is 532 g/mol. The van der Waals surface area contributed by atoms with Crippen LogP contribution < -0.4 is 4.90 Å². The van der Waals surface area contributed by atoms with E-state index in [1.165, 1.54) is 92.0 Å². The molecule has 6 aromatic carbocycles. The van der Waals surface area contributed by atoms with Crippen molar-refractivity contribution in [1.29, 1.82) is 0 Å². The normalized spacial score (nSPS) is 21.2. The third-order valence-corrected chi connectivity index (χ3v) is 11.1. The van der Waals surface area contributed by atoms with Gasteiger partial charge in [-0.05, 0) is 95.8 Å². The van der Waals surface area contributed by atoms with E-state index in [0.29, 0.717) is 0 Å². The number of hydrogen-bond acceptors (Lipinski definition) is 1. The molecule has 1 aliphatic carbocycles. The monoisotopic (exact) mass is 568 g/mol. The van der Waals surface area contributed by atoms with E-state index < -0.39 is 0 Å². The summed E-state index contributed by atoms with van der Waals surface area (Å²) in [6, 6.07) is 49.6. The predicted molar refractivity (Wildman–Crippen MR) is 187 cm³/mol. The van der Waals surface area contributed by atoms with Gasteiger partial charge in [0, 0.05) is 33.2 Å². The Morgan fingerprint density at radius 3 is 1.91 bits per heavy atom. The van der Waals surface area contributed by atoms with Crippen LogP contribution in [0.3, 0.4) is 0 Å². The van der Waals surface area contributed by atoms with Crippen molar-refractivity contribution >= 4 is 44.0 Å². The number of fused-ring (bicyclic) bond motifs is 7. The van der Waals surface area contributed by atoms with Crippen molar-refractivity contribution in [2.24, 2.45) is 0 Å². The minimum absolute atomic E-state index is 0.0890. The van der Waals surface area contributed by atoms with E-state index >= 15 is 0 Å². The summed E-state index contributed by atoms with van der Waals surface area (Å²) in [6.07, 6.45) is 5.08. The Hall–Kier alpha value is -4.82. The van der Waals surface area contributed by atoms with Gasteiger partial charge >= 0.3 is 0 Å². The lowest BCUT2D eigenvalue weighted by Crippen LogP contribution is -2.54. The Bertz CT molecular complexity index is 2200. The first-order chi connectivity index (χ1) is 21.5. The zero-order valence-electron chi connectivity index (χ0n) is 25.4. The molecule has 0 bridgehead atoms. The van der Waals surface area contributed by atoms with Crippen molar-refractivity contribution in [1.82, 2.24) is 4.57 Å². The number of para-hydroxylation sites is 2. The fraction of sp³-hybridized carbons (Fsp3) is 0.190. The highest BCUT2D eigenvalue weighted by Crippen LogP contribution is 2.60. The largest absolute Gasteiger partial charge is 0.334 e. The van der Waals surface area contributed by atoms with Crippen molar-refractivity contribution in [3.63, 3.8) is 0 Å². The van der Waals surface area contributed by atoms with Gasteiger partial charge in [0.05, 0.1) is 16.6 Å². The summed E-state index contributed by atoms with van der Waals surface area (Å²) in [5, 5.41) is 5.13. The zero-order chi connectivity index (χ0) is 29.5. The highest BCUT2D eigenvalue weighted by atomic mass is 15.3. The molecule has 0 saturated heterocycles. The van der Waals surface area contributed by atoms with Crippen LogP contribution in [0.1, 0.15) is 45.1 Å². The Balaban J connectivity index is 1.09. The number of hydrogen-bond donors (Lipinski definition) is 0. The van der Waals surface area contributed by atoms with Gasteiger partial charge < -0.3 is 9.47 Å². The minimum atomic E-state index is 0.0890. The zero-order valence-corrected chi connectivity index (χ0v) is 25.4. The van der Waals surface area contributed by atoms with Crippen LogP contribution in [0.15, 0.2) is 133 Å². The molecule has 0 radical (unpaired) electrons. The second-order valence-corrected chi connectivity index (χ2v) is 13.3. The van der Waals surface area contributed by atoms with Crippen molar-refractivity contribution < 1.29 is 0 Å². The SMILES string of the molecule is CC12CCCCC1(C)N(c1ccc(-c3ccc(-n4c5ccccc5c5cc6ccccc6cc54)cc3)cc1)c1ccccc12. The number of rotatable bonds is 3. The summed E-state index contributed by atoms with van der Waals surface area (Å²) in [5.74, 6) is 0. The quantitative estimate of drug-likeness (QED) is 0.206. The van der Waals surface area contributed by atoms with Gasteiger partial charge in [0.2, 0.25) is 0 Å². The van der Waals surface area contributed by atoms with Crippen molar-refractivity contribution in [3.8, 4) is 16.8 Å². The molecule has 0 amide bonds. The topological polar surface area (TPSA) is 8.17 Å². The Kier molecular flexibility index (Phi) is 5.45.